The molecule has 0 bridgehead atoms. The summed E-state index contributed by atoms with van der Waals surface area (Å²) in [6, 6.07) is 1.78. The summed E-state index contributed by atoms with van der Waals surface area (Å²) in [6.45, 7) is 6.12. The molecule has 1 amide bonds. The summed E-state index contributed by atoms with van der Waals surface area (Å²) in [4.78, 5) is 16.8. The van der Waals surface area contributed by atoms with Crippen LogP contribution in [-0.4, -0.2) is 52.7 Å². The predicted octanol–water partition coefficient (Wildman–Crippen LogP) is 2.79. The van der Waals surface area contributed by atoms with E-state index in [-0.39, 0.29) is 23.7 Å². The van der Waals surface area contributed by atoms with E-state index in [9.17, 15) is 13.2 Å². The van der Waals surface area contributed by atoms with Gasteiger partial charge in [-0.2, -0.15) is 5.10 Å². The van der Waals surface area contributed by atoms with Gasteiger partial charge in [0.2, 0.25) is 15.9 Å². The van der Waals surface area contributed by atoms with Crippen molar-refractivity contribution in [1.29, 1.82) is 0 Å². The van der Waals surface area contributed by atoms with Crippen LogP contribution in [0.4, 0.5) is 5.82 Å². The molecule has 2 aromatic heterocycles. The molecule has 8 nitrogen and oxygen atoms in total. The molecule has 4 rings (SSSR count). The summed E-state index contributed by atoms with van der Waals surface area (Å²) in [5.41, 5.74) is 3.04. The number of carbonyl (C=O) groups is 1. The fourth-order valence-electron chi connectivity index (χ4n) is 4.31. The maximum atomic E-state index is 12.5. The Morgan fingerprint density at radius 1 is 1.33 bits per heavy atom. The Kier molecular flexibility index (Phi) is 5.40. The number of amides is 1. The first-order chi connectivity index (χ1) is 14.0. The topological polar surface area (TPSA) is 97.2 Å². The molecule has 0 aliphatic carbocycles. The number of pyridine rings is 1. The molecular formula is C20H26ClN5O3S. The smallest absolute Gasteiger partial charge is 0.225 e. The molecule has 2 aromatic rings. The second kappa shape index (κ2) is 7.62. The van der Waals surface area contributed by atoms with Crippen LogP contribution in [0.15, 0.2) is 18.5 Å². The van der Waals surface area contributed by atoms with Gasteiger partial charge in [-0.3, -0.25) is 9.48 Å². The lowest BCUT2D eigenvalue weighted by Crippen LogP contribution is -2.28. The Morgan fingerprint density at radius 2 is 2.10 bits per heavy atom. The third-order valence-electron chi connectivity index (χ3n) is 5.78. The van der Waals surface area contributed by atoms with E-state index in [0.717, 1.165) is 29.8 Å². The van der Waals surface area contributed by atoms with Crippen LogP contribution < -0.4 is 5.32 Å². The molecule has 4 heterocycles. The van der Waals surface area contributed by atoms with Gasteiger partial charge in [-0.15, -0.1) is 0 Å². The van der Waals surface area contributed by atoms with Crippen LogP contribution in [-0.2, 0) is 27.8 Å². The Labute approximate surface area is 181 Å². The molecule has 1 N–H and O–H groups in total. The van der Waals surface area contributed by atoms with Crippen molar-refractivity contribution in [2.45, 2.75) is 39.7 Å². The summed E-state index contributed by atoms with van der Waals surface area (Å²) >= 11 is 6.42. The average Bonchev–Trinajstić information content (AvgIpc) is 3.30. The molecular weight excluding hydrogens is 426 g/mol. The van der Waals surface area contributed by atoms with Gasteiger partial charge in [0.05, 0.1) is 17.5 Å². The summed E-state index contributed by atoms with van der Waals surface area (Å²) < 4.78 is 26.7. The molecule has 1 atom stereocenters. The fraction of sp³-hybridized carbons (Fsp3) is 0.550. The van der Waals surface area contributed by atoms with Crippen LogP contribution in [0.3, 0.4) is 0 Å². The fourth-order valence-corrected chi connectivity index (χ4v) is 5.43. The van der Waals surface area contributed by atoms with Crippen LogP contribution in [0.5, 0.6) is 0 Å². The first kappa shape index (κ1) is 21.3. The lowest BCUT2D eigenvalue weighted by atomic mass is 9.89. The molecule has 162 valence electrons. The highest BCUT2D eigenvalue weighted by Crippen LogP contribution is 2.39. The van der Waals surface area contributed by atoms with Crippen LogP contribution in [0, 0.1) is 11.3 Å². The minimum atomic E-state index is -3.21. The highest BCUT2D eigenvalue weighted by atomic mass is 35.5. The Bertz CT molecular complexity index is 1100. The van der Waals surface area contributed by atoms with Crippen molar-refractivity contribution in [2.24, 2.45) is 11.3 Å². The highest BCUT2D eigenvalue weighted by Gasteiger charge is 2.32. The van der Waals surface area contributed by atoms with E-state index in [0.29, 0.717) is 30.4 Å². The van der Waals surface area contributed by atoms with E-state index < -0.39 is 10.0 Å². The number of rotatable bonds is 5. The van der Waals surface area contributed by atoms with Gasteiger partial charge in [-0.25, -0.2) is 17.7 Å². The molecule has 10 heteroatoms. The third kappa shape index (κ3) is 4.38. The molecule has 0 spiro atoms. The normalized spacial score (nSPS) is 21.0. The van der Waals surface area contributed by atoms with Gasteiger partial charge in [-0.05, 0) is 30.2 Å². The molecule has 0 saturated carbocycles. The van der Waals surface area contributed by atoms with Crippen molar-refractivity contribution in [3.8, 4) is 11.1 Å². The number of hydrogen-bond donors (Lipinski definition) is 1. The summed E-state index contributed by atoms with van der Waals surface area (Å²) in [7, 11) is -3.21. The number of aromatic nitrogens is 3. The summed E-state index contributed by atoms with van der Waals surface area (Å²) in [5, 5.41) is 7.83. The lowest BCUT2D eigenvalue weighted by molar-refractivity contribution is -0.117. The predicted molar refractivity (Wildman–Crippen MR) is 116 cm³/mol. The van der Waals surface area contributed by atoms with Gasteiger partial charge >= 0.3 is 0 Å². The number of sulfonamides is 1. The Hall–Kier alpha value is -1.97. The largest absolute Gasteiger partial charge is 0.311 e. The van der Waals surface area contributed by atoms with Gasteiger partial charge < -0.3 is 5.32 Å². The standard InChI is InChI=1S/C20H26ClN5O3S/c1-20(2)8-17-15(9-23-26(17)12-20)14-7-18(22-10-16(14)21)24-19(27)6-13-4-5-25(11-13)30(3,28)29/h7,9-10,13H,4-6,8,11-12H2,1-3H3,(H,22,24,27). The molecule has 30 heavy (non-hydrogen) atoms. The maximum absolute atomic E-state index is 12.5. The van der Waals surface area contributed by atoms with Crippen molar-refractivity contribution in [3.63, 3.8) is 0 Å². The van der Waals surface area contributed by atoms with E-state index in [2.05, 4.69) is 29.2 Å². The van der Waals surface area contributed by atoms with E-state index in [1.54, 1.807) is 6.07 Å². The monoisotopic (exact) mass is 451 g/mol. The van der Waals surface area contributed by atoms with Gasteiger partial charge in [0.25, 0.3) is 0 Å². The van der Waals surface area contributed by atoms with Gasteiger partial charge in [0, 0.05) is 49.1 Å². The number of nitrogens with one attached hydrogen (secondary N) is 1. The number of carbonyl (C=O) groups excluding carboxylic acids is 1. The van der Waals surface area contributed by atoms with Crippen molar-refractivity contribution in [3.05, 3.63) is 29.2 Å². The highest BCUT2D eigenvalue weighted by molar-refractivity contribution is 7.88. The van der Waals surface area contributed by atoms with E-state index in [1.807, 2.05) is 10.9 Å². The number of fused-ring (bicyclic) bond motifs is 1. The van der Waals surface area contributed by atoms with Crippen molar-refractivity contribution >= 4 is 33.3 Å². The quantitative estimate of drug-likeness (QED) is 0.753. The van der Waals surface area contributed by atoms with E-state index >= 15 is 0 Å². The molecule has 0 aromatic carbocycles. The zero-order chi connectivity index (χ0) is 21.7. The zero-order valence-electron chi connectivity index (χ0n) is 17.4. The minimum Gasteiger partial charge on any atom is -0.311 e. The molecule has 1 unspecified atom stereocenters. The van der Waals surface area contributed by atoms with Crippen LogP contribution in [0.1, 0.15) is 32.4 Å². The van der Waals surface area contributed by atoms with Crippen LogP contribution in [0.2, 0.25) is 5.02 Å². The lowest BCUT2D eigenvalue weighted by Gasteiger charge is -2.15. The van der Waals surface area contributed by atoms with Gasteiger partial charge in [0.15, 0.2) is 0 Å². The summed E-state index contributed by atoms with van der Waals surface area (Å²) in [5.74, 6) is 0.250. The van der Waals surface area contributed by atoms with Gasteiger partial charge in [0.1, 0.15) is 5.82 Å². The Morgan fingerprint density at radius 3 is 2.80 bits per heavy atom. The number of hydrogen-bond acceptors (Lipinski definition) is 5. The average molecular weight is 452 g/mol. The molecule has 2 aliphatic rings. The molecule has 1 saturated heterocycles. The van der Waals surface area contributed by atoms with E-state index in [4.69, 9.17) is 11.6 Å². The maximum Gasteiger partial charge on any atom is 0.225 e. The minimum absolute atomic E-state index is 0.00710. The van der Waals surface area contributed by atoms with Crippen LogP contribution >= 0.6 is 11.6 Å². The Balaban J connectivity index is 1.47. The molecule has 2 aliphatic heterocycles. The molecule has 1 fully saturated rings. The van der Waals surface area contributed by atoms with E-state index in [1.165, 1.54) is 16.8 Å². The second-order valence-corrected chi connectivity index (χ2v) is 11.5. The van der Waals surface area contributed by atoms with Crippen molar-refractivity contribution in [1.82, 2.24) is 19.1 Å². The second-order valence-electron chi connectivity index (χ2n) is 9.08. The first-order valence-corrected chi connectivity index (χ1v) is 12.2. The number of anilines is 1. The SMILES string of the molecule is CC1(C)Cc2c(-c3cc(NC(=O)CC4CCN(S(C)(=O)=O)C4)ncc3Cl)cnn2C1. The molecule has 0 radical (unpaired) electrons. The summed E-state index contributed by atoms with van der Waals surface area (Å²) in [6.07, 6.45) is 6.39. The third-order valence-corrected chi connectivity index (χ3v) is 7.35. The zero-order valence-corrected chi connectivity index (χ0v) is 18.9. The van der Waals surface area contributed by atoms with Crippen molar-refractivity contribution in [2.75, 3.05) is 24.7 Å². The first-order valence-electron chi connectivity index (χ1n) is 9.97. The van der Waals surface area contributed by atoms with Crippen LogP contribution in [0.25, 0.3) is 11.1 Å². The number of nitrogens with zero attached hydrogens (tertiary/aromatic N) is 4. The van der Waals surface area contributed by atoms with Crippen molar-refractivity contribution < 1.29 is 13.2 Å². The number of halogens is 1. The van der Waals surface area contributed by atoms with Gasteiger partial charge in [-0.1, -0.05) is 25.4 Å².